The SMILES string of the molecule is CNSNC(=O)C(C)(C)c1nccc(C(F)(F)F)n1. The number of rotatable bonds is 4. The summed E-state index contributed by atoms with van der Waals surface area (Å²) in [6.45, 7) is 2.90. The van der Waals surface area contributed by atoms with Gasteiger partial charge in [-0.15, -0.1) is 0 Å². The molecule has 1 aromatic rings. The second kappa shape index (κ2) is 5.74. The van der Waals surface area contributed by atoms with Crippen molar-refractivity contribution < 1.29 is 18.0 Å². The van der Waals surface area contributed by atoms with Gasteiger partial charge in [0.15, 0.2) is 0 Å². The molecule has 0 aliphatic carbocycles. The summed E-state index contributed by atoms with van der Waals surface area (Å²) in [4.78, 5) is 19.0. The Balaban J connectivity index is 3.04. The number of carbonyl (C=O) groups excluding carboxylic acids is 1. The molecule has 1 rings (SSSR count). The maximum atomic E-state index is 12.6. The van der Waals surface area contributed by atoms with Crippen LogP contribution in [0.1, 0.15) is 25.4 Å². The molecular formula is C10H13F3N4OS. The molecule has 0 saturated heterocycles. The van der Waals surface area contributed by atoms with Crippen molar-refractivity contribution in [1.82, 2.24) is 19.4 Å². The summed E-state index contributed by atoms with van der Waals surface area (Å²) in [5.74, 6) is -0.678. The van der Waals surface area contributed by atoms with E-state index in [9.17, 15) is 18.0 Å². The second-order valence-electron chi connectivity index (χ2n) is 4.13. The van der Waals surface area contributed by atoms with E-state index in [1.165, 1.54) is 13.8 Å². The van der Waals surface area contributed by atoms with E-state index in [4.69, 9.17) is 0 Å². The molecule has 5 nitrogen and oxygen atoms in total. The lowest BCUT2D eigenvalue weighted by atomic mass is 9.91. The van der Waals surface area contributed by atoms with Crippen LogP contribution in [-0.4, -0.2) is 22.9 Å². The number of hydrogen-bond acceptors (Lipinski definition) is 5. The van der Waals surface area contributed by atoms with Gasteiger partial charge in [0.25, 0.3) is 0 Å². The third-order valence-electron chi connectivity index (χ3n) is 2.32. The molecule has 0 bridgehead atoms. The van der Waals surface area contributed by atoms with Crippen LogP contribution in [0.5, 0.6) is 0 Å². The minimum atomic E-state index is -4.57. The second-order valence-corrected chi connectivity index (χ2v) is 4.94. The summed E-state index contributed by atoms with van der Waals surface area (Å²) in [6.07, 6.45) is -3.57. The predicted molar refractivity (Wildman–Crippen MR) is 64.9 cm³/mol. The van der Waals surface area contributed by atoms with Crippen molar-refractivity contribution in [2.75, 3.05) is 7.05 Å². The maximum Gasteiger partial charge on any atom is 0.433 e. The van der Waals surface area contributed by atoms with Crippen LogP contribution in [0.15, 0.2) is 12.3 Å². The standard InChI is InChI=1S/C10H13F3N4OS/c1-9(2,8(18)17-19-14-3)7-15-5-4-6(16-7)10(11,12)13/h4-5,14H,1-3H3,(H,17,18). The smallest absolute Gasteiger partial charge is 0.286 e. The molecule has 1 aromatic heterocycles. The normalized spacial score (nSPS) is 12.3. The Kier molecular flexibility index (Phi) is 4.75. The molecular weight excluding hydrogens is 281 g/mol. The van der Waals surface area contributed by atoms with Gasteiger partial charge in [0.1, 0.15) is 16.9 Å². The fourth-order valence-electron chi connectivity index (χ4n) is 1.14. The average molecular weight is 294 g/mol. The molecule has 0 spiro atoms. The fourth-order valence-corrected chi connectivity index (χ4v) is 1.59. The van der Waals surface area contributed by atoms with Crippen LogP contribution in [0.25, 0.3) is 0 Å². The highest BCUT2D eigenvalue weighted by Crippen LogP contribution is 2.29. The lowest BCUT2D eigenvalue weighted by Crippen LogP contribution is -2.39. The third kappa shape index (κ3) is 3.80. The summed E-state index contributed by atoms with van der Waals surface area (Å²) in [5, 5.41) is 0. The number of carbonyl (C=O) groups is 1. The van der Waals surface area contributed by atoms with Crippen molar-refractivity contribution >= 4 is 18.0 Å². The van der Waals surface area contributed by atoms with Gasteiger partial charge in [-0.2, -0.15) is 13.2 Å². The molecule has 1 amide bonds. The highest BCUT2D eigenvalue weighted by molar-refractivity contribution is 7.96. The summed E-state index contributed by atoms with van der Waals surface area (Å²) in [7, 11) is 1.60. The summed E-state index contributed by atoms with van der Waals surface area (Å²) in [6, 6.07) is 0.764. The molecule has 0 radical (unpaired) electrons. The van der Waals surface area contributed by atoms with Crippen LogP contribution in [0, 0.1) is 0 Å². The van der Waals surface area contributed by atoms with Gasteiger partial charge in [0, 0.05) is 18.3 Å². The molecule has 0 aliphatic heterocycles. The lowest BCUT2D eigenvalue weighted by molar-refractivity contribution is -0.141. The molecule has 2 N–H and O–H groups in total. The minimum Gasteiger partial charge on any atom is -0.286 e. The van der Waals surface area contributed by atoms with Crippen LogP contribution < -0.4 is 9.44 Å². The van der Waals surface area contributed by atoms with E-state index in [0.29, 0.717) is 0 Å². The van der Waals surface area contributed by atoms with Crippen LogP contribution in [0.2, 0.25) is 0 Å². The number of halogens is 3. The first-order chi connectivity index (χ1) is 8.69. The Bertz CT molecular complexity index is 464. The van der Waals surface area contributed by atoms with Crippen molar-refractivity contribution in [2.24, 2.45) is 0 Å². The molecule has 19 heavy (non-hydrogen) atoms. The Morgan fingerprint density at radius 3 is 2.53 bits per heavy atom. The average Bonchev–Trinajstić information content (AvgIpc) is 2.35. The highest BCUT2D eigenvalue weighted by Gasteiger charge is 2.37. The van der Waals surface area contributed by atoms with Crippen LogP contribution in [0.4, 0.5) is 13.2 Å². The molecule has 1 heterocycles. The monoisotopic (exact) mass is 294 g/mol. The Labute approximate surface area is 112 Å². The van der Waals surface area contributed by atoms with Gasteiger partial charge in [-0.25, -0.2) is 14.7 Å². The minimum absolute atomic E-state index is 0.184. The molecule has 9 heteroatoms. The molecule has 0 saturated carbocycles. The molecule has 106 valence electrons. The number of aromatic nitrogens is 2. The lowest BCUT2D eigenvalue weighted by Gasteiger charge is -2.21. The van der Waals surface area contributed by atoms with E-state index in [1.54, 1.807) is 7.05 Å². The first kappa shape index (κ1) is 15.7. The van der Waals surface area contributed by atoms with E-state index in [-0.39, 0.29) is 5.82 Å². The molecule has 0 unspecified atom stereocenters. The van der Waals surface area contributed by atoms with Gasteiger partial charge in [-0.05, 0) is 27.0 Å². The summed E-state index contributed by atoms with van der Waals surface area (Å²) < 4.78 is 42.7. The van der Waals surface area contributed by atoms with Crippen LogP contribution in [-0.2, 0) is 16.4 Å². The van der Waals surface area contributed by atoms with Crippen molar-refractivity contribution in [3.8, 4) is 0 Å². The zero-order valence-corrected chi connectivity index (χ0v) is 11.3. The quantitative estimate of drug-likeness (QED) is 0.827. The number of nitrogens with zero attached hydrogens (tertiary/aromatic N) is 2. The molecule has 0 aromatic carbocycles. The van der Waals surface area contributed by atoms with Gasteiger partial charge < -0.3 is 0 Å². The van der Waals surface area contributed by atoms with Gasteiger partial charge in [-0.3, -0.25) is 9.52 Å². The number of amides is 1. The van der Waals surface area contributed by atoms with Crippen molar-refractivity contribution in [2.45, 2.75) is 25.4 Å². The Morgan fingerprint density at radius 2 is 2.00 bits per heavy atom. The van der Waals surface area contributed by atoms with E-state index in [0.717, 1.165) is 24.4 Å². The third-order valence-corrected chi connectivity index (χ3v) is 2.81. The predicted octanol–water partition coefficient (Wildman–Crippen LogP) is 1.67. The van der Waals surface area contributed by atoms with Crippen molar-refractivity contribution in [3.63, 3.8) is 0 Å². The zero-order chi connectivity index (χ0) is 14.7. The molecule has 0 aliphatic rings. The van der Waals surface area contributed by atoms with Gasteiger partial charge in [-0.1, -0.05) is 0 Å². The van der Waals surface area contributed by atoms with Crippen LogP contribution in [0.3, 0.4) is 0 Å². The number of hydrogen-bond donors (Lipinski definition) is 2. The van der Waals surface area contributed by atoms with E-state index >= 15 is 0 Å². The van der Waals surface area contributed by atoms with Gasteiger partial charge in [0.05, 0.1) is 0 Å². The van der Waals surface area contributed by atoms with E-state index < -0.39 is 23.2 Å². The first-order valence-electron chi connectivity index (χ1n) is 5.23. The largest absolute Gasteiger partial charge is 0.433 e. The Morgan fingerprint density at radius 1 is 1.37 bits per heavy atom. The highest BCUT2D eigenvalue weighted by atomic mass is 32.2. The maximum absolute atomic E-state index is 12.6. The summed E-state index contributed by atoms with van der Waals surface area (Å²) in [5.41, 5.74) is -2.34. The summed E-state index contributed by atoms with van der Waals surface area (Å²) >= 11 is 0.920. The Hall–Kier alpha value is -1.35. The molecule has 0 fully saturated rings. The topological polar surface area (TPSA) is 66.9 Å². The fraction of sp³-hybridized carbons (Fsp3) is 0.500. The van der Waals surface area contributed by atoms with Crippen molar-refractivity contribution in [1.29, 1.82) is 0 Å². The zero-order valence-electron chi connectivity index (χ0n) is 10.5. The molecule has 0 atom stereocenters. The van der Waals surface area contributed by atoms with E-state index in [1.807, 2.05) is 0 Å². The first-order valence-corrected chi connectivity index (χ1v) is 6.05. The number of nitrogens with one attached hydrogen (secondary N) is 2. The van der Waals surface area contributed by atoms with E-state index in [2.05, 4.69) is 19.4 Å². The van der Waals surface area contributed by atoms with Crippen LogP contribution >= 0.6 is 12.1 Å². The van der Waals surface area contributed by atoms with Gasteiger partial charge >= 0.3 is 6.18 Å². The number of alkyl halides is 3. The van der Waals surface area contributed by atoms with Crippen molar-refractivity contribution in [3.05, 3.63) is 23.8 Å². The van der Waals surface area contributed by atoms with Gasteiger partial charge in [0.2, 0.25) is 5.91 Å².